The normalized spacial score (nSPS) is 14.8. The van der Waals surface area contributed by atoms with E-state index in [0.29, 0.717) is 18.5 Å². The first-order valence-electron chi connectivity index (χ1n) is 9.60. The molecule has 1 fully saturated rings. The van der Waals surface area contributed by atoms with E-state index < -0.39 is 0 Å². The molecule has 1 heterocycles. The van der Waals surface area contributed by atoms with Crippen LogP contribution in [0, 0.1) is 0 Å². The molecular weight excluding hydrogens is 314 g/mol. The summed E-state index contributed by atoms with van der Waals surface area (Å²) in [6.07, 6.45) is 9.15. The summed E-state index contributed by atoms with van der Waals surface area (Å²) in [6, 6.07) is 7.25. The maximum atomic E-state index is 12.5. The Bertz CT molecular complexity index is 534. The number of hydrogen-bond acceptors (Lipinski definition) is 3. The van der Waals surface area contributed by atoms with Crippen molar-refractivity contribution < 1.29 is 9.59 Å². The van der Waals surface area contributed by atoms with Crippen LogP contribution in [0.4, 0.5) is 5.69 Å². The lowest BCUT2D eigenvalue weighted by atomic mass is 10.1. The van der Waals surface area contributed by atoms with Gasteiger partial charge in [-0.3, -0.25) is 9.59 Å². The molecule has 0 spiro atoms. The minimum atomic E-state index is 0.0272. The molecule has 0 unspecified atom stereocenters. The highest BCUT2D eigenvalue weighted by Gasteiger charge is 2.17. The van der Waals surface area contributed by atoms with Crippen LogP contribution in [0.1, 0.15) is 68.1 Å². The summed E-state index contributed by atoms with van der Waals surface area (Å²) in [4.78, 5) is 26.4. The first kappa shape index (κ1) is 19.4. The van der Waals surface area contributed by atoms with Crippen molar-refractivity contribution in [3.63, 3.8) is 0 Å². The number of hydrogen-bond donors (Lipinski definition) is 2. The van der Waals surface area contributed by atoms with E-state index in [2.05, 4.69) is 5.32 Å². The van der Waals surface area contributed by atoms with E-state index in [9.17, 15) is 9.59 Å². The van der Waals surface area contributed by atoms with E-state index in [0.717, 1.165) is 57.3 Å². The number of carbonyl (C=O) groups excluding carboxylic acids is 2. The molecule has 2 rings (SSSR count). The number of likely N-dealkylation sites (tertiary alicyclic amines) is 1. The van der Waals surface area contributed by atoms with Crippen LogP contribution in [0.15, 0.2) is 24.3 Å². The molecule has 1 aliphatic rings. The van der Waals surface area contributed by atoms with Gasteiger partial charge in [-0.05, 0) is 56.5 Å². The Balaban J connectivity index is 1.78. The second-order valence-electron chi connectivity index (χ2n) is 6.78. The average molecular weight is 345 g/mol. The number of nitrogens with two attached hydrogens (primary N) is 1. The van der Waals surface area contributed by atoms with Crippen molar-refractivity contribution in [3.8, 4) is 0 Å². The molecule has 1 aromatic carbocycles. The van der Waals surface area contributed by atoms with Gasteiger partial charge in [0, 0.05) is 30.8 Å². The highest BCUT2D eigenvalue weighted by atomic mass is 16.2. The molecule has 138 valence electrons. The quantitative estimate of drug-likeness (QED) is 0.708. The van der Waals surface area contributed by atoms with E-state index in [1.807, 2.05) is 29.2 Å². The summed E-state index contributed by atoms with van der Waals surface area (Å²) < 4.78 is 0. The maximum Gasteiger partial charge on any atom is 0.253 e. The third kappa shape index (κ3) is 6.86. The third-order valence-electron chi connectivity index (χ3n) is 4.67. The number of amides is 2. The predicted molar refractivity (Wildman–Crippen MR) is 102 cm³/mol. The lowest BCUT2D eigenvalue weighted by Gasteiger charge is -2.20. The summed E-state index contributed by atoms with van der Waals surface area (Å²) in [5.41, 5.74) is 6.90. The van der Waals surface area contributed by atoms with Crippen LogP contribution in [0.5, 0.6) is 0 Å². The molecule has 0 saturated carbocycles. The zero-order chi connectivity index (χ0) is 17.9. The Kier molecular flexibility index (Phi) is 8.46. The molecule has 1 aromatic rings. The summed E-state index contributed by atoms with van der Waals surface area (Å²) in [7, 11) is 0. The van der Waals surface area contributed by atoms with Crippen LogP contribution in [0.3, 0.4) is 0 Å². The summed E-state index contributed by atoms with van der Waals surface area (Å²) in [5.74, 6) is 0.124. The standard InChI is InChI=1S/C20H31N3O2/c21-14-6-2-1-5-9-19(24)22-18-12-10-17(11-13-18)20(25)23-15-7-3-4-8-16-23/h10-13H,1-9,14-16,21H2,(H,22,24). The van der Waals surface area contributed by atoms with E-state index in [1.54, 1.807) is 0 Å². The first-order valence-corrected chi connectivity index (χ1v) is 9.60. The fraction of sp³-hybridized carbons (Fsp3) is 0.600. The number of nitrogens with one attached hydrogen (secondary N) is 1. The number of anilines is 1. The number of unbranched alkanes of at least 4 members (excludes halogenated alkanes) is 3. The third-order valence-corrected chi connectivity index (χ3v) is 4.67. The van der Waals surface area contributed by atoms with Gasteiger partial charge in [-0.2, -0.15) is 0 Å². The van der Waals surface area contributed by atoms with Crippen molar-refractivity contribution in [2.45, 2.75) is 57.8 Å². The zero-order valence-electron chi connectivity index (χ0n) is 15.1. The highest BCUT2D eigenvalue weighted by Crippen LogP contribution is 2.16. The van der Waals surface area contributed by atoms with Gasteiger partial charge in [-0.15, -0.1) is 0 Å². The van der Waals surface area contributed by atoms with Crippen molar-refractivity contribution in [1.82, 2.24) is 4.90 Å². The van der Waals surface area contributed by atoms with Crippen molar-refractivity contribution in [2.24, 2.45) is 5.73 Å². The van der Waals surface area contributed by atoms with E-state index in [4.69, 9.17) is 5.73 Å². The van der Waals surface area contributed by atoms with Crippen LogP contribution in [-0.2, 0) is 4.79 Å². The molecule has 3 N–H and O–H groups in total. The number of nitrogens with zero attached hydrogens (tertiary/aromatic N) is 1. The minimum absolute atomic E-state index is 0.0272. The second kappa shape index (κ2) is 10.9. The second-order valence-corrected chi connectivity index (χ2v) is 6.78. The van der Waals surface area contributed by atoms with Crippen LogP contribution in [0.2, 0.25) is 0 Å². The predicted octanol–water partition coefficient (Wildman–Crippen LogP) is 3.55. The maximum absolute atomic E-state index is 12.5. The van der Waals surface area contributed by atoms with Gasteiger partial charge < -0.3 is 16.0 Å². The van der Waals surface area contributed by atoms with Gasteiger partial charge in [-0.25, -0.2) is 0 Å². The SMILES string of the molecule is NCCCCCCC(=O)Nc1ccc(C(=O)N2CCCCCC2)cc1. The smallest absolute Gasteiger partial charge is 0.253 e. The molecular formula is C20H31N3O2. The van der Waals surface area contributed by atoms with Crippen molar-refractivity contribution >= 4 is 17.5 Å². The van der Waals surface area contributed by atoms with Crippen LogP contribution >= 0.6 is 0 Å². The van der Waals surface area contributed by atoms with Gasteiger partial charge in [0.1, 0.15) is 0 Å². The summed E-state index contributed by atoms with van der Waals surface area (Å²) in [6.45, 7) is 2.41. The van der Waals surface area contributed by atoms with Gasteiger partial charge >= 0.3 is 0 Å². The molecule has 25 heavy (non-hydrogen) atoms. The zero-order valence-corrected chi connectivity index (χ0v) is 15.1. The Morgan fingerprint density at radius 2 is 1.56 bits per heavy atom. The Hall–Kier alpha value is -1.88. The van der Waals surface area contributed by atoms with Gasteiger partial charge in [0.2, 0.25) is 5.91 Å². The molecule has 0 atom stereocenters. The van der Waals surface area contributed by atoms with E-state index in [1.165, 1.54) is 12.8 Å². The first-order chi connectivity index (χ1) is 12.2. The van der Waals surface area contributed by atoms with Gasteiger partial charge in [0.15, 0.2) is 0 Å². The average Bonchev–Trinajstić information content (AvgIpc) is 2.91. The molecule has 2 amide bonds. The van der Waals surface area contributed by atoms with E-state index >= 15 is 0 Å². The minimum Gasteiger partial charge on any atom is -0.339 e. The molecule has 1 aliphatic heterocycles. The van der Waals surface area contributed by atoms with Gasteiger partial charge in [0.05, 0.1) is 0 Å². The van der Waals surface area contributed by atoms with Crippen molar-refractivity contribution in [1.29, 1.82) is 0 Å². The molecule has 0 aromatic heterocycles. The van der Waals surface area contributed by atoms with Crippen molar-refractivity contribution in [2.75, 3.05) is 25.0 Å². The lowest BCUT2D eigenvalue weighted by molar-refractivity contribution is -0.116. The largest absolute Gasteiger partial charge is 0.339 e. The lowest BCUT2D eigenvalue weighted by Crippen LogP contribution is -2.31. The molecule has 5 heteroatoms. The Morgan fingerprint density at radius 1 is 0.920 bits per heavy atom. The molecule has 5 nitrogen and oxygen atoms in total. The topological polar surface area (TPSA) is 75.4 Å². The number of carbonyl (C=O) groups is 2. The fourth-order valence-electron chi connectivity index (χ4n) is 3.16. The van der Waals surface area contributed by atoms with Crippen LogP contribution < -0.4 is 11.1 Å². The van der Waals surface area contributed by atoms with Crippen molar-refractivity contribution in [3.05, 3.63) is 29.8 Å². The van der Waals surface area contributed by atoms with Gasteiger partial charge in [-0.1, -0.05) is 25.7 Å². The number of benzene rings is 1. The number of rotatable bonds is 8. The summed E-state index contributed by atoms with van der Waals surface area (Å²) >= 11 is 0. The Labute approximate surface area is 151 Å². The molecule has 1 saturated heterocycles. The molecule has 0 bridgehead atoms. The monoisotopic (exact) mass is 345 g/mol. The van der Waals surface area contributed by atoms with E-state index in [-0.39, 0.29) is 11.8 Å². The fourth-order valence-corrected chi connectivity index (χ4v) is 3.16. The van der Waals surface area contributed by atoms with Crippen LogP contribution in [-0.4, -0.2) is 36.3 Å². The highest BCUT2D eigenvalue weighted by molar-refractivity contribution is 5.95. The van der Waals surface area contributed by atoms with Gasteiger partial charge in [0.25, 0.3) is 5.91 Å². The molecule has 0 radical (unpaired) electrons. The summed E-state index contributed by atoms with van der Waals surface area (Å²) in [5, 5.41) is 2.90. The Morgan fingerprint density at radius 3 is 2.20 bits per heavy atom. The van der Waals surface area contributed by atoms with Crippen LogP contribution in [0.25, 0.3) is 0 Å². The molecule has 0 aliphatic carbocycles.